The van der Waals surface area contributed by atoms with Gasteiger partial charge in [0.2, 0.25) is 0 Å². The molecule has 2 aromatic rings. The maximum Gasteiger partial charge on any atom is 0.0694 e. The Balaban J connectivity index is 2.72. The summed E-state index contributed by atoms with van der Waals surface area (Å²) in [5.74, 6) is 0. The van der Waals surface area contributed by atoms with E-state index >= 15 is 0 Å². The predicted molar refractivity (Wildman–Crippen MR) is 60.7 cm³/mol. The maximum absolute atomic E-state index is 6.26. The minimum absolute atomic E-state index is 0.629. The van der Waals surface area contributed by atoms with Gasteiger partial charge in [-0.2, -0.15) is 0 Å². The van der Waals surface area contributed by atoms with Gasteiger partial charge in [-0.15, -0.1) is 0 Å². The molecule has 0 aliphatic rings. The zero-order valence-electron chi connectivity index (χ0n) is 8.13. The lowest BCUT2D eigenvalue weighted by molar-refractivity contribution is 0.827. The van der Waals surface area contributed by atoms with E-state index in [9.17, 15) is 0 Å². The lowest BCUT2D eigenvalue weighted by Crippen LogP contribution is -2.06. The zero-order valence-corrected chi connectivity index (χ0v) is 8.88. The van der Waals surface area contributed by atoms with Gasteiger partial charge in [-0.05, 0) is 12.6 Å². The minimum atomic E-state index is 0.629. The van der Waals surface area contributed by atoms with Crippen molar-refractivity contribution in [3.8, 4) is 0 Å². The summed E-state index contributed by atoms with van der Waals surface area (Å²) in [6, 6.07) is 8.13. The van der Waals surface area contributed by atoms with Crippen molar-refractivity contribution in [1.29, 1.82) is 0 Å². The molecule has 0 aliphatic carbocycles. The molecule has 2 N–H and O–H groups in total. The topological polar surface area (TPSA) is 30.9 Å². The van der Waals surface area contributed by atoms with Crippen molar-refractivity contribution in [3.63, 3.8) is 0 Å². The Labute approximate surface area is 88.3 Å². The Morgan fingerprint density at radius 2 is 2.07 bits per heavy atom. The number of fused-ring (bicyclic) bond motifs is 1. The molecule has 0 aliphatic heterocycles. The van der Waals surface area contributed by atoms with E-state index in [1.54, 1.807) is 0 Å². The third-order valence-corrected chi connectivity index (χ3v) is 2.96. The molecule has 0 fully saturated rings. The van der Waals surface area contributed by atoms with Gasteiger partial charge in [-0.25, -0.2) is 0 Å². The predicted octanol–water partition coefficient (Wildman–Crippen LogP) is 2.33. The summed E-state index contributed by atoms with van der Waals surface area (Å²) in [5.41, 5.74) is 7.84. The normalized spacial score (nSPS) is 11.1. The van der Waals surface area contributed by atoms with Crippen molar-refractivity contribution in [3.05, 3.63) is 35.0 Å². The first kappa shape index (κ1) is 9.56. The van der Waals surface area contributed by atoms with Crippen LogP contribution in [0.5, 0.6) is 0 Å². The fraction of sp³-hybridized carbons (Fsp3) is 0.273. The van der Waals surface area contributed by atoms with Gasteiger partial charge in [0.05, 0.1) is 5.02 Å². The number of aromatic nitrogens is 1. The van der Waals surface area contributed by atoms with Crippen LogP contribution >= 0.6 is 11.6 Å². The van der Waals surface area contributed by atoms with Crippen LogP contribution in [0.2, 0.25) is 5.02 Å². The second kappa shape index (κ2) is 3.64. The van der Waals surface area contributed by atoms with Gasteiger partial charge in [0.25, 0.3) is 0 Å². The third-order valence-electron chi connectivity index (χ3n) is 2.54. The molecule has 3 heteroatoms. The van der Waals surface area contributed by atoms with Gasteiger partial charge in [-0.1, -0.05) is 29.8 Å². The van der Waals surface area contributed by atoms with E-state index in [2.05, 4.69) is 10.6 Å². The Morgan fingerprint density at radius 1 is 1.36 bits per heavy atom. The SMILES string of the molecule is Cn1c(CCN)c(Cl)c2ccccc21. The third kappa shape index (κ3) is 1.31. The average molecular weight is 209 g/mol. The van der Waals surface area contributed by atoms with Crippen LogP contribution in [0.4, 0.5) is 0 Å². The van der Waals surface area contributed by atoms with Crippen molar-refractivity contribution in [2.75, 3.05) is 6.54 Å². The first-order chi connectivity index (χ1) is 6.75. The fourth-order valence-corrected chi connectivity index (χ4v) is 2.20. The lowest BCUT2D eigenvalue weighted by atomic mass is 10.2. The van der Waals surface area contributed by atoms with E-state index in [1.165, 1.54) is 5.52 Å². The number of benzene rings is 1. The number of nitrogens with zero attached hydrogens (tertiary/aromatic N) is 1. The molecular formula is C11H13ClN2. The van der Waals surface area contributed by atoms with Crippen LogP contribution in [-0.2, 0) is 13.5 Å². The Kier molecular flexibility index (Phi) is 2.48. The molecule has 0 radical (unpaired) electrons. The van der Waals surface area contributed by atoms with Crippen molar-refractivity contribution >= 4 is 22.5 Å². The summed E-state index contributed by atoms with van der Waals surface area (Å²) in [6.45, 7) is 0.629. The molecule has 2 rings (SSSR count). The van der Waals surface area contributed by atoms with Crippen LogP contribution in [0.3, 0.4) is 0 Å². The van der Waals surface area contributed by atoms with Gasteiger partial charge in [0, 0.05) is 30.1 Å². The zero-order chi connectivity index (χ0) is 10.1. The minimum Gasteiger partial charge on any atom is -0.346 e. The van der Waals surface area contributed by atoms with E-state index in [-0.39, 0.29) is 0 Å². The molecule has 0 atom stereocenters. The number of halogens is 1. The molecule has 0 saturated carbocycles. The molecule has 0 bridgehead atoms. The second-order valence-corrected chi connectivity index (χ2v) is 3.75. The van der Waals surface area contributed by atoms with Crippen LogP contribution in [0.1, 0.15) is 5.69 Å². The molecule has 74 valence electrons. The van der Waals surface area contributed by atoms with Crippen molar-refractivity contribution in [2.24, 2.45) is 12.8 Å². The number of aryl methyl sites for hydroxylation is 1. The summed E-state index contributed by atoms with van der Waals surface area (Å²) in [5, 5.41) is 1.95. The molecule has 1 aromatic carbocycles. The van der Waals surface area contributed by atoms with Gasteiger partial charge < -0.3 is 10.3 Å². The Hall–Kier alpha value is -0.990. The van der Waals surface area contributed by atoms with E-state index in [1.807, 2.05) is 25.2 Å². The van der Waals surface area contributed by atoms with E-state index < -0.39 is 0 Å². The average Bonchev–Trinajstić information content (AvgIpc) is 2.45. The van der Waals surface area contributed by atoms with E-state index in [4.69, 9.17) is 17.3 Å². The number of rotatable bonds is 2. The molecule has 0 unspecified atom stereocenters. The highest BCUT2D eigenvalue weighted by molar-refractivity contribution is 6.36. The largest absolute Gasteiger partial charge is 0.346 e. The molecule has 2 nitrogen and oxygen atoms in total. The summed E-state index contributed by atoms with van der Waals surface area (Å²) in [7, 11) is 2.03. The highest BCUT2D eigenvalue weighted by Gasteiger charge is 2.11. The van der Waals surface area contributed by atoms with Gasteiger partial charge in [0.15, 0.2) is 0 Å². The van der Waals surface area contributed by atoms with Crippen LogP contribution in [0.15, 0.2) is 24.3 Å². The quantitative estimate of drug-likeness (QED) is 0.807. The van der Waals surface area contributed by atoms with Gasteiger partial charge >= 0.3 is 0 Å². The van der Waals surface area contributed by atoms with Crippen molar-refractivity contribution < 1.29 is 0 Å². The number of hydrogen-bond donors (Lipinski definition) is 1. The molecular weight excluding hydrogens is 196 g/mol. The van der Waals surface area contributed by atoms with Crippen LogP contribution in [-0.4, -0.2) is 11.1 Å². The molecule has 14 heavy (non-hydrogen) atoms. The van der Waals surface area contributed by atoms with Crippen LogP contribution in [0, 0.1) is 0 Å². The van der Waals surface area contributed by atoms with Gasteiger partial charge in [-0.3, -0.25) is 0 Å². The molecule has 0 spiro atoms. The second-order valence-electron chi connectivity index (χ2n) is 3.38. The first-order valence-corrected chi connectivity index (χ1v) is 5.05. The monoisotopic (exact) mass is 208 g/mol. The lowest BCUT2D eigenvalue weighted by Gasteiger charge is -2.02. The van der Waals surface area contributed by atoms with Crippen molar-refractivity contribution in [1.82, 2.24) is 4.57 Å². The summed E-state index contributed by atoms with van der Waals surface area (Å²) >= 11 is 6.26. The highest BCUT2D eigenvalue weighted by atomic mass is 35.5. The van der Waals surface area contributed by atoms with E-state index in [0.717, 1.165) is 22.5 Å². The molecule has 0 saturated heterocycles. The number of para-hydroxylation sites is 1. The number of hydrogen-bond acceptors (Lipinski definition) is 1. The summed E-state index contributed by atoms with van der Waals surface area (Å²) in [6.07, 6.45) is 0.823. The molecule has 0 amide bonds. The van der Waals surface area contributed by atoms with Crippen molar-refractivity contribution in [2.45, 2.75) is 6.42 Å². The Morgan fingerprint density at radius 3 is 2.71 bits per heavy atom. The van der Waals surface area contributed by atoms with Gasteiger partial charge in [0.1, 0.15) is 0 Å². The maximum atomic E-state index is 6.26. The first-order valence-electron chi connectivity index (χ1n) is 4.67. The fourth-order valence-electron chi connectivity index (χ4n) is 1.81. The Bertz CT molecular complexity index is 421. The van der Waals surface area contributed by atoms with Crippen LogP contribution in [0.25, 0.3) is 10.9 Å². The van der Waals surface area contributed by atoms with E-state index in [0.29, 0.717) is 6.54 Å². The standard InChI is InChI=1S/C11H13ClN2/c1-14-9-5-3-2-4-8(9)11(12)10(14)6-7-13/h2-5H,6-7,13H2,1H3. The molecule has 1 aromatic heterocycles. The smallest absolute Gasteiger partial charge is 0.0694 e. The highest BCUT2D eigenvalue weighted by Crippen LogP contribution is 2.29. The number of nitrogens with two attached hydrogens (primary N) is 1. The van der Waals surface area contributed by atoms with Crippen LogP contribution < -0.4 is 5.73 Å². The summed E-state index contributed by atoms with van der Waals surface area (Å²) in [4.78, 5) is 0. The summed E-state index contributed by atoms with van der Waals surface area (Å²) < 4.78 is 2.12. The molecule has 1 heterocycles.